The van der Waals surface area contributed by atoms with Gasteiger partial charge in [0.15, 0.2) is 22.9 Å². The Morgan fingerprint density at radius 3 is 2.40 bits per heavy atom. The van der Waals surface area contributed by atoms with Crippen LogP contribution in [-0.2, 0) is 0 Å². The minimum Gasteiger partial charge on any atom is -0.493 e. The van der Waals surface area contributed by atoms with Gasteiger partial charge in [0.1, 0.15) is 10.7 Å². The van der Waals surface area contributed by atoms with Crippen LogP contribution in [0, 0.1) is 0 Å². The molecular weight excluding hydrogens is 456 g/mol. The van der Waals surface area contributed by atoms with Gasteiger partial charge in [0.05, 0.1) is 30.7 Å². The molecule has 1 aromatic heterocycles. The van der Waals surface area contributed by atoms with Gasteiger partial charge in [-0.05, 0) is 43.3 Å². The molecule has 7 heteroatoms. The lowest BCUT2D eigenvalue weighted by molar-refractivity contribution is 0.354. The fraction of sp³-hybridized carbons (Fsp3) is 0.107. The second-order valence-electron chi connectivity index (χ2n) is 8.27. The van der Waals surface area contributed by atoms with Gasteiger partial charge in [0.2, 0.25) is 0 Å². The largest absolute Gasteiger partial charge is 0.493 e. The summed E-state index contributed by atoms with van der Waals surface area (Å²) in [6, 6.07) is 22.6. The summed E-state index contributed by atoms with van der Waals surface area (Å²) in [5, 5.41) is 5.98. The molecule has 0 N–H and O–H groups in total. The Morgan fingerprint density at radius 1 is 0.857 bits per heavy atom. The van der Waals surface area contributed by atoms with Gasteiger partial charge in [-0.25, -0.2) is 4.98 Å². The van der Waals surface area contributed by atoms with E-state index in [9.17, 15) is 0 Å². The Labute approximate surface area is 207 Å². The van der Waals surface area contributed by atoms with Gasteiger partial charge in [-0.1, -0.05) is 34.0 Å². The van der Waals surface area contributed by atoms with Crippen molar-refractivity contribution in [3.05, 3.63) is 90.1 Å². The molecule has 6 nitrogen and oxygen atoms in total. The number of benzene rings is 3. The van der Waals surface area contributed by atoms with Crippen molar-refractivity contribution in [1.29, 1.82) is 0 Å². The average Bonchev–Trinajstić information content (AvgIpc) is 3.47. The molecule has 0 radical (unpaired) electrons. The summed E-state index contributed by atoms with van der Waals surface area (Å²) >= 11 is 1.70. The Balaban J connectivity index is 1.45. The summed E-state index contributed by atoms with van der Waals surface area (Å²) < 4.78 is 12.4. The van der Waals surface area contributed by atoms with Crippen LogP contribution in [-0.4, -0.2) is 31.3 Å². The van der Waals surface area contributed by atoms with Gasteiger partial charge in [0, 0.05) is 29.3 Å². The van der Waals surface area contributed by atoms with Gasteiger partial charge < -0.3 is 9.47 Å². The third kappa shape index (κ3) is 3.31. The van der Waals surface area contributed by atoms with Crippen molar-refractivity contribution in [3.63, 3.8) is 0 Å². The zero-order chi connectivity index (χ0) is 24.0. The summed E-state index contributed by atoms with van der Waals surface area (Å²) in [5.41, 5.74) is 6.01. The van der Waals surface area contributed by atoms with Gasteiger partial charge in [-0.3, -0.25) is 0 Å². The Hall–Kier alpha value is -4.07. The van der Waals surface area contributed by atoms with E-state index in [2.05, 4.69) is 30.3 Å². The molecule has 6 rings (SSSR count). The average molecular weight is 480 g/mol. The number of allylic oxidation sites excluding steroid dienone is 2. The molecule has 1 unspecified atom stereocenters. The second kappa shape index (κ2) is 8.30. The van der Waals surface area contributed by atoms with Crippen molar-refractivity contribution in [3.8, 4) is 22.1 Å². The first-order chi connectivity index (χ1) is 17.1. The Kier molecular flexibility index (Phi) is 5.09. The highest BCUT2D eigenvalue weighted by atomic mass is 32.1. The molecule has 172 valence electrons. The van der Waals surface area contributed by atoms with E-state index in [1.54, 1.807) is 25.6 Å². The summed E-state index contributed by atoms with van der Waals surface area (Å²) in [4.78, 5) is 9.72. The topological polar surface area (TPSA) is 56.1 Å². The van der Waals surface area contributed by atoms with E-state index >= 15 is 0 Å². The van der Waals surface area contributed by atoms with Crippen molar-refractivity contribution in [2.45, 2.75) is 6.92 Å². The number of thiazole rings is 1. The highest BCUT2D eigenvalue weighted by Crippen LogP contribution is 2.46. The zero-order valence-electron chi connectivity index (χ0n) is 19.6. The molecule has 0 saturated heterocycles. The molecule has 3 aromatic carbocycles. The standard InChI is InChI=1S/C28H23N4O2S/c1-18-27(19-10-12-20(13-11-19)28-31-22-7-4-5-8-25(22)35-28)32(26(30-18)9-6-16-29-32)21-14-15-23(33-2)24(17-21)34-3/h4-17H,1-3H3/q+1. The van der Waals surface area contributed by atoms with Crippen LogP contribution < -0.4 is 14.1 Å². The number of amidine groups is 1. The van der Waals surface area contributed by atoms with Crippen molar-refractivity contribution < 1.29 is 9.47 Å². The van der Waals surface area contributed by atoms with Crippen LogP contribution in [0.15, 0.2) is 94.7 Å². The van der Waals surface area contributed by atoms with Crippen LogP contribution in [0.5, 0.6) is 11.5 Å². The van der Waals surface area contributed by atoms with E-state index < -0.39 is 0 Å². The van der Waals surface area contributed by atoms with Crippen LogP contribution >= 0.6 is 11.3 Å². The maximum Gasteiger partial charge on any atom is 0.265 e. The lowest BCUT2D eigenvalue weighted by Gasteiger charge is -2.30. The summed E-state index contributed by atoms with van der Waals surface area (Å²) in [6.07, 6.45) is 5.75. The zero-order valence-corrected chi connectivity index (χ0v) is 20.4. The molecule has 0 saturated carbocycles. The third-order valence-electron chi connectivity index (χ3n) is 6.29. The van der Waals surface area contributed by atoms with Crippen LogP contribution in [0.4, 0.5) is 5.69 Å². The van der Waals surface area contributed by atoms with E-state index in [1.807, 2.05) is 61.7 Å². The maximum absolute atomic E-state index is 5.60. The Morgan fingerprint density at radius 2 is 1.63 bits per heavy atom. The normalized spacial score (nSPS) is 18.7. The number of rotatable bonds is 5. The fourth-order valence-electron chi connectivity index (χ4n) is 4.69. The monoisotopic (exact) mass is 479 g/mol. The minimum absolute atomic E-state index is 0.142. The van der Waals surface area contributed by atoms with Crippen LogP contribution in [0.25, 0.3) is 26.5 Å². The van der Waals surface area contributed by atoms with Crippen LogP contribution in [0.2, 0.25) is 0 Å². The molecular formula is C28H23N4O2S+. The molecule has 2 aliphatic heterocycles. The lowest BCUT2D eigenvalue weighted by atomic mass is 10.0. The summed E-state index contributed by atoms with van der Waals surface area (Å²) in [6.45, 7) is 2.03. The molecule has 2 aliphatic rings. The number of nitrogens with zero attached hydrogens (tertiary/aromatic N) is 4. The quantitative estimate of drug-likeness (QED) is 0.301. The fourth-order valence-corrected chi connectivity index (χ4v) is 5.66. The maximum atomic E-state index is 5.60. The van der Waals surface area contributed by atoms with E-state index in [1.165, 1.54) is 4.70 Å². The number of fused-ring (bicyclic) bond motifs is 2. The molecule has 4 aromatic rings. The van der Waals surface area contributed by atoms with E-state index in [0.29, 0.717) is 11.5 Å². The van der Waals surface area contributed by atoms with Crippen molar-refractivity contribution in [2.75, 3.05) is 14.2 Å². The molecule has 35 heavy (non-hydrogen) atoms. The molecule has 0 spiro atoms. The van der Waals surface area contributed by atoms with Gasteiger partial charge in [0.25, 0.3) is 5.84 Å². The molecule has 3 heterocycles. The summed E-state index contributed by atoms with van der Waals surface area (Å²) in [7, 11) is 3.28. The minimum atomic E-state index is 0.142. The number of hydrogen-bond donors (Lipinski definition) is 0. The van der Waals surface area contributed by atoms with E-state index in [-0.39, 0.29) is 4.59 Å². The number of hydrogen-bond acceptors (Lipinski definition) is 6. The number of para-hydroxylation sites is 1. The highest BCUT2D eigenvalue weighted by Gasteiger charge is 2.49. The van der Waals surface area contributed by atoms with Crippen LogP contribution in [0.1, 0.15) is 12.5 Å². The van der Waals surface area contributed by atoms with Gasteiger partial charge in [-0.15, -0.1) is 11.3 Å². The highest BCUT2D eigenvalue weighted by molar-refractivity contribution is 7.21. The lowest BCUT2D eigenvalue weighted by Crippen LogP contribution is -2.46. The molecule has 0 bridgehead atoms. The Bertz CT molecular complexity index is 1550. The summed E-state index contributed by atoms with van der Waals surface area (Å²) in [5.74, 6) is 2.16. The second-order valence-corrected chi connectivity index (χ2v) is 9.30. The smallest absolute Gasteiger partial charge is 0.265 e. The van der Waals surface area contributed by atoms with E-state index in [0.717, 1.165) is 44.6 Å². The first-order valence-electron chi connectivity index (χ1n) is 11.2. The molecule has 0 fully saturated rings. The first-order valence-corrected chi connectivity index (χ1v) is 12.1. The number of ether oxygens (including phenoxy) is 2. The number of quaternary nitrogens is 1. The van der Waals surface area contributed by atoms with Crippen molar-refractivity contribution >= 4 is 45.0 Å². The number of methoxy groups -OCH3 is 2. The van der Waals surface area contributed by atoms with Gasteiger partial charge in [-0.2, -0.15) is 4.99 Å². The third-order valence-corrected chi connectivity index (χ3v) is 7.38. The first kappa shape index (κ1) is 21.5. The molecule has 0 amide bonds. The SMILES string of the molecule is COc1ccc([N+]23N=CC=CC2=NC(C)=C3c2ccc(-c3nc4ccccc4s3)cc2)cc1OC. The van der Waals surface area contributed by atoms with Crippen molar-refractivity contribution in [1.82, 2.24) is 9.58 Å². The predicted octanol–water partition coefficient (Wildman–Crippen LogP) is 6.64. The number of aliphatic imine (C=N–C) groups is 1. The molecule has 1 atom stereocenters. The predicted molar refractivity (Wildman–Crippen MR) is 144 cm³/mol. The van der Waals surface area contributed by atoms with Gasteiger partial charge >= 0.3 is 0 Å². The van der Waals surface area contributed by atoms with Crippen LogP contribution in [0.3, 0.4) is 0 Å². The van der Waals surface area contributed by atoms with Crippen molar-refractivity contribution in [2.24, 2.45) is 10.1 Å². The van der Waals surface area contributed by atoms with E-state index in [4.69, 9.17) is 24.6 Å². The number of aromatic nitrogens is 1. The molecule has 0 aliphatic carbocycles.